The van der Waals surface area contributed by atoms with Crippen molar-refractivity contribution < 1.29 is 23.8 Å². The number of nitrogens with zero attached hydrogens (tertiary/aromatic N) is 2. The third-order valence-corrected chi connectivity index (χ3v) is 4.44. The van der Waals surface area contributed by atoms with Crippen LogP contribution in [-0.2, 0) is 23.0 Å². The predicted octanol–water partition coefficient (Wildman–Crippen LogP) is 4.89. The van der Waals surface area contributed by atoms with Crippen molar-refractivity contribution in [2.24, 2.45) is 7.05 Å². The molecule has 0 radical (unpaired) electrons. The summed E-state index contributed by atoms with van der Waals surface area (Å²) in [6.07, 6.45) is -0.779. The fraction of sp³-hybridized carbons (Fsp3) is 0.227. The molecule has 1 heterocycles. The van der Waals surface area contributed by atoms with Crippen LogP contribution in [0.4, 0.5) is 10.5 Å². The Labute approximate surface area is 184 Å². The first-order chi connectivity index (χ1) is 14.9. The van der Waals surface area contributed by atoms with Crippen LogP contribution in [0.2, 0.25) is 5.02 Å². The fourth-order valence-corrected chi connectivity index (χ4v) is 2.98. The van der Waals surface area contributed by atoms with Gasteiger partial charge in [0.1, 0.15) is 17.2 Å². The average Bonchev–Trinajstić information content (AvgIpc) is 2.97. The molecule has 0 aliphatic heterocycles. The molecule has 0 saturated heterocycles. The Bertz CT molecular complexity index is 1080. The van der Waals surface area contributed by atoms with E-state index >= 15 is 0 Å². The van der Waals surface area contributed by atoms with Crippen molar-refractivity contribution in [3.63, 3.8) is 0 Å². The normalized spacial score (nSPS) is 10.5. The van der Waals surface area contributed by atoms with E-state index in [0.29, 0.717) is 27.9 Å². The van der Waals surface area contributed by atoms with Gasteiger partial charge in [0.05, 0.1) is 18.7 Å². The van der Waals surface area contributed by atoms with E-state index in [-0.39, 0.29) is 24.8 Å². The zero-order valence-electron chi connectivity index (χ0n) is 17.3. The van der Waals surface area contributed by atoms with Gasteiger partial charge in [-0.1, -0.05) is 23.7 Å². The molecular formula is C22H22ClN3O5. The van der Waals surface area contributed by atoms with Crippen molar-refractivity contribution in [2.75, 3.05) is 11.9 Å². The van der Waals surface area contributed by atoms with Gasteiger partial charge in [0.2, 0.25) is 11.8 Å². The Kier molecular flexibility index (Phi) is 7.15. The first kappa shape index (κ1) is 22.2. The maximum Gasteiger partial charge on any atom is 0.515 e. The Hall–Kier alpha value is -3.52. The summed E-state index contributed by atoms with van der Waals surface area (Å²) in [6, 6.07) is 14.2. The minimum Gasteiger partial charge on any atom is -0.457 e. The van der Waals surface area contributed by atoms with E-state index in [9.17, 15) is 9.59 Å². The number of benzene rings is 2. The lowest BCUT2D eigenvalue weighted by Crippen LogP contribution is -2.17. The number of halogens is 1. The van der Waals surface area contributed by atoms with Gasteiger partial charge in [-0.15, -0.1) is 0 Å². The van der Waals surface area contributed by atoms with Crippen LogP contribution in [0, 0.1) is 6.92 Å². The number of hydrogen-bond donors (Lipinski definition) is 1. The van der Waals surface area contributed by atoms with Gasteiger partial charge in [0.15, 0.2) is 0 Å². The molecule has 3 aromatic rings. The highest BCUT2D eigenvalue weighted by Crippen LogP contribution is 2.28. The third-order valence-electron chi connectivity index (χ3n) is 4.19. The lowest BCUT2D eigenvalue weighted by Gasteiger charge is -2.10. The number of ether oxygens (including phenoxy) is 3. The minimum absolute atomic E-state index is 0.0883. The van der Waals surface area contributed by atoms with Crippen LogP contribution in [0.1, 0.15) is 18.2 Å². The summed E-state index contributed by atoms with van der Waals surface area (Å²) >= 11 is 5.89. The number of amides is 1. The number of aryl methyl sites for hydroxylation is 2. The number of carbonyl (C=O) groups excluding carboxylic acids is 2. The zero-order valence-corrected chi connectivity index (χ0v) is 18.1. The summed E-state index contributed by atoms with van der Waals surface area (Å²) in [7, 11) is 1.61. The molecule has 1 amide bonds. The second kappa shape index (κ2) is 9.99. The summed E-state index contributed by atoms with van der Waals surface area (Å²) in [5, 5.41) is 7.57. The van der Waals surface area contributed by atoms with E-state index in [1.165, 1.54) is 4.68 Å². The van der Waals surface area contributed by atoms with E-state index < -0.39 is 6.16 Å². The fourth-order valence-electron chi connectivity index (χ4n) is 2.85. The van der Waals surface area contributed by atoms with Crippen LogP contribution >= 0.6 is 11.6 Å². The van der Waals surface area contributed by atoms with Gasteiger partial charge in [-0.3, -0.25) is 4.79 Å². The second-order valence-electron chi connectivity index (χ2n) is 6.60. The van der Waals surface area contributed by atoms with Crippen LogP contribution < -0.4 is 14.8 Å². The van der Waals surface area contributed by atoms with Gasteiger partial charge in [0.25, 0.3) is 0 Å². The molecule has 2 aromatic carbocycles. The Morgan fingerprint density at radius 3 is 2.58 bits per heavy atom. The Morgan fingerprint density at radius 2 is 1.87 bits per heavy atom. The lowest BCUT2D eigenvalue weighted by atomic mass is 10.1. The largest absolute Gasteiger partial charge is 0.515 e. The van der Waals surface area contributed by atoms with E-state index in [2.05, 4.69) is 10.4 Å². The number of rotatable bonds is 7. The molecule has 0 aliphatic rings. The third kappa shape index (κ3) is 5.99. The van der Waals surface area contributed by atoms with E-state index in [1.54, 1.807) is 63.4 Å². The van der Waals surface area contributed by atoms with Gasteiger partial charge in [0, 0.05) is 12.1 Å². The number of hydrogen-bond acceptors (Lipinski definition) is 6. The standard InChI is InChI=1S/C22H22ClN3O5/c1-4-29-22(28)31-21-20(14(2)25-26(21)3)24-19(27)13-15-6-5-7-18(12-15)30-17-10-8-16(23)9-11-17/h5-12H,4,13H2,1-3H3,(H,24,27). The topological polar surface area (TPSA) is 91.7 Å². The molecule has 8 nitrogen and oxygen atoms in total. The number of aromatic nitrogens is 2. The van der Waals surface area contributed by atoms with Crippen LogP contribution in [0.5, 0.6) is 17.4 Å². The van der Waals surface area contributed by atoms with Gasteiger partial charge in [-0.05, 0) is 55.8 Å². The summed E-state index contributed by atoms with van der Waals surface area (Å²) in [6.45, 7) is 3.54. The number of nitrogens with one attached hydrogen (secondary N) is 1. The van der Waals surface area contributed by atoms with Crippen molar-refractivity contribution in [3.05, 3.63) is 64.8 Å². The Balaban J connectivity index is 1.69. The molecule has 0 atom stereocenters. The van der Waals surface area contributed by atoms with Crippen molar-refractivity contribution in [1.82, 2.24) is 9.78 Å². The molecule has 0 spiro atoms. The van der Waals surface area contributed by atoms with Gasteiger partial charge in [-0.2, -0.15) is 5.10 Å². The van der Waals surface area contributed by atoms with Crippen LogP contribution in [-0.4, -0.2) is 28.4 Å². The SMILES string of the molecule is CCOC(=O)Oc1c(NC(=O)Cc2cccc(Oc3ccc(Cl)cc3)c2)c(C)nn1C. The maximum atomic E-state index is 12.6. The highest BCUT2D eigenvalue weighted by atomic mass is 35.5. The highest BCUT2D eigenvalue weighted by Gasteiger charge is 2.20. The average molecular weight is 444 g/mol. The monoisotopic (exact) mass is 443 g/mol. The zero-order chi connectivity index (χ0) is 22.4. The van der Waals surface area contributed by atoms with Gasteiger partial charge < -0.3 is 19.5 Å². The second-order valence-corrected chi connectivity index (χ2v) is 7.04. The molecule has 0 fully saturated rings. The van der Waals surface area contributed by atoms with E-state index in [0.717, 1.165) is 5.56 Å². The first-order valence-corrected chi connectivity index (χ1v) is 9.94. The molecule has 9 heteroatoms. The Morgan fingerprint density at radius 1 is 1.13 bits per heavy atom. The molecule has 31 heavy (non-hydrogen) atoms. The summed E-state index contributed by atoms with van der Waals surface area (Å²) in [5.74, 6) is 1.03. The summed E-state index contributed by atoms with van der Waals surface area (Å²) < 4.78 is 17.1. The first-order valence-electron chi connectivity index (χ1n) is 9.56. The van der Waals surface area contributed by atoms with Gasteiger partial charge in [-0.25, -0.2) is 9.48 Å². The number of anilines is 1. The highest BCUT2D eigenvalue weighted by molar-refractivity contribution is 6.30. The van der Waals surface area contributed by atoms with Crippen molar-refractivity contribution in [2.45, 2.75) is 20.3 Å². The number of carbonyl (C=O) groups is 2. The van der Waals surface area contributed by atoms with Crippen molar-refractivity contribution >= 4 is 29.4 Å². The molecule has 3 rings (SSSR count). The predicted molar refractivity (Wildman–Crippen MR) is 116 cm³/mol. The van der Waals surface area contributed by atoms with Crippen molar-refractivity contribution in [3.8, 4) is 17.4 Å². The lowest BCUT2D eigenvalue weighted by molar-refractivity contribution is -0.115. The quantitative estimate of drug-likeness (QED) is 0.522. The molecule has 162 valence electrons. The van der Waals surface area contributed by atoms with Crippen LogP contribution in [0.3, 0.4) is 0 Å². The maximum absolute atomic E-state index is 12.6. The molecular weight excluding hydrogens is 422 g/mol. The van der Waals surface area contributed by atoms with Crippen LogP contribution in [0.15, 0.2) is 48.5 Å². The van der Waals surface area contributed by atoms with E-state index in [4.69, 9.17) is 25.8 Å². The smallest absolute Gasteiger partial charge is 0.457 e. The molecule has 0 aliphatic carbocycles. The van der Waals surface area contributed by atoms with Crippen molar-refractivity contribution in [1.29, 1.82) is 0 Å². The molecule has 0 saturated carbocycles. The van der Waals surface area contributed by atoms with Gasteiger partial charge >= 0.3 is 6.16 Å². The molecule has 1 aromatic heterocycles. The summed E-state index contributed by atoms with van der Waals surface area (Å²) in [5.41, 5.74) is 1.57. The summed E-state index contributed by atoms with van der Waals surface area (Å²) in [4.78, 5) is 24.3. The molecule has 0 unspecified atom stereocenters. The van der Waals surface area contributed by atoms with E-state index in [1.807, 2.05) is 6.07 Å². The molecule has 1 N–H and O–H groups in total. The molecule has 0 bridgehead atoms. The van der Waals surface area contributed by atoms with Crippen LogP contribution in [0.25, 0.3) is 0 Å². The minimum atomic E-state index is -0.868.